The molecule has 1 heterocycles. The Morgan fingerprint density at radius 2 is 2.26 bits per heavy atom. The summed E-state index contributed by atoms with van der Waals surface area (Å²) in [7, 11) is -3.62. The van der Waals surface area contributed by atoms with Crippen LogP contribution in [-0.2, 0) is 10.0 Å². The van der Waals surface area contributed by atoms with Gasteiger partial charge in [-0.3, -0.25) is 0 Å². The molecule has 1 saturated carbocycles. The fourth-order valence-corrected chi connectivity index (χ4v) is 3.75. The molecule has 1 aromatic heterocycles. The van der Waals surface area contributed by atoms with Gasteiger partial charge in [-0.25, -0.2) is 19.2 Å². The van der Waals surface area contributed by atoms with E-state index < -0.39 is 10.0 Å². The lowest BCUT2D eigenvalue weighted by Crippen LogP contribution is -2.45. The molecular formula is C11H18N4O3S. The van der Waals surface area contributed by atoms with Crippen LogP contribution in [0, 0.1) is 0 Å². The summed E-state index contributed by atoms with van der Waals surface area (Å²) >= 11 is 0. The number of nitrogen functional groups attached to an aromatic ring is 1. The second-order valence-electron chi connectivity index (χ2n) is 4.45. The third-order valence-corrected chi connectivity index (χ3v) is 5.24. The zero-order valence-corrected chi connectivity index (χ0v) is 11.3. The summed E-state index contributed by atoms with van der Waals surface area (Å²) in [5.41, 5.74) is 2.32. The molecule has 4 N–H and O–H groups in total. The van der Waals surface area contributed by atoms with Gasteiger partial charge in [-0.1, -0.05) is 6.42 Å². The Morgan fingerprint density at radius 3 is 2.79 bits per heavy atom. The first-order valence-corrected chi connectivity index (χ1v) is 7.59. The molecule has 1 aromatic rings. The van der Waals surface area contributed by atoms with Gasteiger partial charge in [-0.05, 0) is 18.9 Å². The minimum absolute atomic E-state index is 0.0143. The lowest BCUT2D eigenvalue weighted by molar-refractivity contribution is 0.178. The SMILES string of the molecule is NNc1cc(S(=O)(=O)N(CCO)C2CCC2)ccn1. The monoisotopic (exact) mass is 286 g/mol. The van der Waals surface area contributed by atoms with Crippen molar-refractivity contribution in [2.45, 2.75) is 30.2 Å². The number of aliphatic hydroxyl groups excluding tert-OH is 1. The number of nitrogens with two attached hydrogens (primary N) is 1. The number of hydrazine groups is 1. The Kier molecular flexibility index (Phi) is 4.35. The van der Waals surface area contributed by atoms with Crippen LogP contribution in [0.25, 0.3) is 0 Å². The number of hydrogen-bond donors (Lipinski definition) is 3. The molecular weight excluding hydrogens is 268 g/mol. The Hall–Kier alpha value is -1.22. The number of rotatable bonds is 6. The first-order chi connectivity index (χ1) is 9.09. The van der Waals surface area contributed by atoms with Crippen LogP contribution in [-0.4, -0.2) is 42.0 Å². The minimum Gasteiger partial charge on any atom is -0.395 e. The van der Waals surface area contributed by atoms with Gasteiger partial charge in [0.15, 0.2) is 0 Å². The fourth-order valence-electron chi connectivity index (χ4n) is 2.06. The maximum atomic E-state index is 12.5. The standard InChI is InChI=1S/C11H18N4O3S/c12-14-11-8-10(4-5-13-11)19(17,18)15(6-7-16)9-2-1-3-9/h4-5,8-9,16H,1-3,6-7,12H2,(H,13,14). The van der Waals surface area contributed by atoms with Crippen molar-refractivity contribution in [1.82, 2.24) is 9.29 Å². The molecule has 7 nitrogen and oxygen atoms in total. The summed E-state index contributed by atoms with van der Waals surface area (Å²) in [6.07, 6.45) is 4.09. The van der Waals surface area contributed by atoms with Gasteiger partial charge in [0.25, 0.3) is 0 Å². The molecule has 0 amide bonds. The molecule has 0 unspecified atom stereocenters. The molecule has 0 bridgehead atoms. The van der Waals surface area contributed by atoms with Gasteiger partial charge in [0.1, 0.15) is 5.82 Å². The topological polar surface area (TPSA) is 109 Å². The van der Waals surface area contributed by atoms with Gasteiger partial charge in [0, 0.05) is 24.8 Å². The number of sulfonamides is 1. The maximum absolute atomic E-state index is 12.5. The summed E-state index contributed by atoms with van der Waals surface area (Å²) in [4.78, 5) is 4.02. The van der Waals surface area contributed by atoms with Crippen LogP contribution in [0.5, 0.6) is 0 Å². The van der Waals surface area contributed by atoms with Gasteiger partial charge < -0.3 is 10.5 Å². The lowest BCUT2D eigenvalue weighted by Gasteiger charge is -2.36. The van der Waals surface area contributed by atoms with E-state index in [-0.39, 0.29) is 24.1 Å². The van der Waals surface area contributed by atoms with Crippen molar-refractivity contribution in [3.8, 4) is 0 Å². The summed E-state index contributed by atoms with van der Waals surface area (Å²) in [5, 5.41) is 9.07. The van der Waals surface area contributed by atoms with Crippen LogP contribution in [0.15, 0.2) is 23.2 Å². The number of nitrogens with one attached hydrogen (secondary N) is 1. The largest absolute Gasteiger partial charge is 0.395 e. The van der Waals surface area contributed by atoms with E-state index in [1.54, 1.807) is 0 Å². The summed E-state index contributed by atoms with van der Waals surface area (Å²) < 4.78 is 26.5. The molecule has 2 rings (SSSR count). The van der Waals surface area contributed by atoms with Crippen molar-refractivity contribution in [2.75, 3.05) is 18.6 Å². The van der Waals surface area contributed by atoms with Crippen molar-refractivity contribution in [1.29, 1.82) is 0 Å². The number of aliphatic hydroxyl groups is 1. The van der Waals surface area contributed by atoms with Crippen LogP contribution in [0.2, 0.25) is 0 Å². The predicted molar refractivity (Wildman–Crippen MR) is 70.7 cm³/mol. The van der Waals surface area contributed by atoms with Crippen LogP contribution in [0.3, 0.4) is 0 Å². The van der Waals surface area contributed by atoms with Crippen molar-refractivity contribution >= 4 is 15.8 Å². The first kappa shape index (κ1) is 14.2. The van der Waals surface area contributed by atoms with Crippen LogP contribution in [0.4, 0.5) is 5.82 Å². The highest BCUT2D eigenvalue weighted by Gasteiger charge is 2.34. The second kappa shape index (κ2) is 5.83. The van der Waals surface area contributed by atoms with E-state index in [0.29, 0.717) is 5.82 Å². The Morgan fingerprint density at radius 1 is 1.53 bits per heavy atom. The van der Waals surface area contributed by atoms with Crippen molar-refractivity contribution in [3.05, 3.63) is 18.3 Å². The number of pyridine rings is 1. The fraction of sp³-hybridized carbons (Fsp3) is 0.545. The normalized spacial score (nSPS) is 16.4. The molecule has 0 atom stereocenters. The number of hydrogen-bond acceptors (Lipinski definition) is 6. The summed E-state index contributed by atoms with van der Waals surface area (Å²) in [5.74, 6) is 5.52. The molecule has 0 saturated heterocycles. The zero-order chi connectivity index (χ0) is 13.9. The summed E-state index contributed by atoms with van der Waals surface area (Å²) in [6, 6.07) is 2.80. The van der Waals surface area contributed by atoms with E-state index in [9.17, 15) is 8.42 Å². The average Bonchev–Trinajstić information content (AvgIpc) is 2.36. The molecule has 106 valence electrons. The number of nitrogens with zero attached hydrogens (tertiary/aromatic N) is 2. The zero-order valence-electron chi connectivity index (χ0n) is 10.5. The van der Waals surface area contributed by atoms with Gasteiger partial charge >= 0.3 is 0 Å². The average molecular weight is 286 g/mol. The van der Waals surface area contributed by atoms with Crippen molar-refractivity contribution in [3.63, 3.8) is 0 Å². The molecule has 1 aliphatic rings. The molecule has 1 fully saturated rings. The lowest BCUT2D eigenvalue weighted by atomic mass is 9.93. The highest BCUT2D eigenvalue weighted by Crippen LogP contribution is 2.29. The first-order valence-electron chi connectivity index (χ1n) is 6.15. The third-order valence-electron chi connectivity index (χ3n) is 3.29. The highest BCUT2D eigenvalue weighted by atomic mass is 32.2. The quantitative estimate of drug-likeness (QED) is 0.498. The Balaban J connectivity index is 2.32. The highest BCUT2D eigenvalue weighted by molar-refractivity contribution is 7.89. The Bertz CT molecular complexity index is 530. The molecule has 0 aliphatic heterocycles. The third kappa shape index (κ3) is 2.86. The smallest absolute Gasteiger partial charge is 0.243 e. The van der Waals surface area contributed by atoms with Crippen molar-refractivity contribution in [2.24, 2.45) is 5.84 Å². The van der Waals surface area contributed by atoms with Crippen LogP contribution >= 0.6 is 0 Å². The van der Waals surface area contributed by atoms with Gasteiger partial charge in [0.05, 0.1) is 11.5 Å². The predicted octanol–water partition coefficient (Wildman–Crippen LogP) is -0.0973. The van der Waals surface area contributed by atoms with Gasteiger partial charge in [0.2, 0.25) is 10.0 Å². The summed E-state index contributed by atoms with van der Waals surface area (Å²) in [6.45, 7) is -0.0798. The molecule has 0 spiro atoms. The van der Waals surface area contributed by atoms with Gasteiger partial charge in [-0.15, -0.1) is 0 Å². The minimum atomic E-state index is -3.62. The van der Waals surface area contributed by atoms with E-state index in [4.69, 9.17) is 10.9 Å². The number of aromatic nitrogens is 1. The molecule has 0 radical (unpaired) electrons. The molecule has 0 aromatic carbocycles. The van der Waals surface area contributed by atoms with E-state index in [1.807, 2.05) is 0 Å². The van der Waals surface area contributed by atoms with Gasteiger partial charge in [-0.2, -0.15) is 4.31 Å². The number of anilines is 1. The molecule has 19 heavy (non-hydrogen) atoms. The molecule has 8 heteroatoms. The van der Waals surface area contributed by atoms with E-state index in [2.05, 4.69) is 10.4 Å². The maximum Gasteiger partial charge on any atom is 0.243 e. The van der Waals surface area contributed by atoms with Crippen molar-refractivity contribution < 1.29 is 13.5 Å². The van der Waals surface area contributed by atoms with E-state index >= 15 is 0 Å². The Labute approximate surface area is 112 Å². The molecule has 1 aliphatic carbocycles. The van der Waals surface area contributed by atoms with Crippen LogP contribution < -0.4 is 11.3 Å². The second-order valence-corrected chi connectivity index (χ2v) is 6.34. The van der Waals surface area contributed by atoms with E-state index in [0.717, 1.165) is 19.3 Å². The van der Waals surface area contributed by atoms with Crippen LogP contribution in [0.1, 0.15) is 19.3 Å². The van der Waals surface area contributed by atoms with E-state index in [1.165, 1.54) is 22.6 Å².